The number of nitrogens with zero attached hydrogens (tertiary/aromatic N) is 4. The van der Waals surface area contributed by atoms with Gasteiger partial charge in [-0.15, -0.1) is 0 Å². The molecule has 196 valence electrons. The lowest BCUT2D eigenvalue weighted by molar-refractivity contribution is -0.142. The summed E-state index contributed by atoms with van der Waals surface area (Å²) in [6.45, 7) is 4.06. The Bertz CT molecular complexity index is 1350. The highest BCUT2D eigenvalue weighted by Crippen LogP contribution is 2.35. The van der Waals surface area contributed by atoms with Gasteiger partial charge in [0.1, 0.15) is 0 Å². The van der Waals surface area contributed by atoms with Gasteiger partial charge in [-0.1, -0.05) is 12.1 Å². The Balaban J connectivity index is 1.56. The molecule has 0 saturated carbocycles. The number of hydrogen-bond donors (Lipinski definition) is 1. The lowest BCUT2D eigenvalue weighted by Gasteiger charge is -2.32. The summed E-state index contributed by atoms with van der Waals surface area (Å²) in [6, 6.07) is 7.89. The van der Waals surface area contributed by atoms with Gasteiger partial charge < -0.3 is 24.2 Å². The molecule has 10 heteroatoms. The van der Waals surface area contributed by atoms with Crippen LogP contribution in [0.25, 0.3) is 11.0 Å². The van der Waals surface area contributed by atoms with Gasteiger partial charge in [0.25, 0.3) is 0 Å². The number of imidazole rings is 1. The van der Waals surface area contributed by atoms with Crippen LogP contribution in [0.5, 0.6) is 0 Å². The standard InChI is InChI=1S/C27H30F2N4O4/c1-16(13-17-3-5-21(28)22(29)14-17)33-23-6-4-18-7-12-32(27(36)37-2)15-20(18)24(23)30-26(33)31-10-8-19(9-11-31)25(34)35/h3-6,14,16,19H,7-13,15H2,1-2H3,(H,34,35)/t16-/m1/s1. The van der Waals surface area contributed by atoms with E-state index in [9.17, 15) is 23.5 Å². The third-order valence-electron chi connectivity index (χ3n) is 7.56. The fourth-order valence-electron chi connectivity index (χ4n) is 5.55. The molecule has 5 rings (SSSR count). The normalized spacial score (nSPS) is 17.1. The van der Waals surface area contributed by atoms with Crippen LogP contribution in [0.2, 0.25) is 0 Å². The third-order valence-corrected chi connectivity index (χ3v) is 7.56. The van der Waals surface area contributed by atoms with E-state index in [0.717, 1.165) is 34.2 Å². The number of anilines is 1. The Morgan fingerprint density at radius 1 is 1.14 bits per heavy atom. The average molecular weight is 513 g/mol. The van der Waals surface area contributed by atoms with Gasteiger partial charge in [0, 0.05) is 31.2 Å². The van der Waals surface area contributed by atoms with Gasteiger partial charge >= 0.3 is 12.1 Å². The zero-order valence-electron chi connectivity index (χ0n) is 20.9. The van der Waals surface area contributed by atoms with E-state index < -0.39 is 17.6 Å². The summed E-state index contributed by atoms with van der Waals surface area (Å²) in [4.78, 5) is 32.6. The minimum Gasteiger partial charge on any atom is -0.481 e. The smallest absolute Gasteiger partial charge is 0.409 e. The molecule has 1 N–H and O–H groups in total. The van der Waals surface area contributed by atoms with Crippen LogP contribution in [-0.2, 0) is 28.9 Å². The average Bonchev–Trinajstić information content (AvgIpc) is 3.30. The highest BCUT2D eigenvalue weighted by Gasteiger charge is 2.31. The first-order valence-corrected chi connectivity index (χ1v) is 12.5. The quantitative estimate of drug-likeness (QED) is 0.540. The number of halogens is 2. The van der Waals surface area contributed by atoms with Crippen molar-refractivity contribution >= 4 is 29.0 Å². The fraction of sp³-hybridized carbons (Fsp3) is 0.444. The fourth-order valence-corrected chi connectivity index (χ4v) is 5.55. The molecule has 1 fully saturated rings. The lowest BCUT2D eigenvalue weighted by Crippen LogP contribution is -2.38. The maximum absolute atomic E-state index is 13.9. The van der Waals surface area contributed by atoms with Crippen molar-refractivity contribution in [3.05, 3.63) is 58.7 Å². The van der Waals surface area contributed by atoms with Crippen molar-refractivity contribution < 1.29 is 28.2 Å². The van der Waals surface area contributed by atoms with Gasteiger partial charge in [0.15, 0.2) is 11.6 Å². The summed E-state index contributed by atoms with van der Waals surface area (Å²) in [5.41, 5.74) is 4.43. The second-order valence-corrected chi connectivity index (χ2v) is 9.90. The number of aliphatic carboxylic acids is 1. The number of carbonyl (C=O) groups excluding carboxylic acids is 1. The van der Waals surface area contributed by atoms with Crippen LogP contribution >= 0.6 is 0 Å². The van der Waals surface area contributed by atoms with Gasteiger partial charge in [-0.25, -0.2) is 18.6 Å². The zero-order chi connectivity index (χ0) is 26.3. The monoisotopic (exact) mass is 512 g/mol. The predicted octanol–water partition coefficient (Wildman–Crippen LogP) is 4.54. The summed E-state index contributed by atoms with van der Waals surface area (Å²) < 4.78 is 34.5. The molecule has 1 aromatic heterocycles. The first kappa shape index (κ1) is 25.0. The largest absolute Gasteiger partial charge is 0.481 e. The minimum absolute atomic E-state index is 0.152. The van der Waals surface area contributed by atoms with Crippen LogP contribution in [0.3, 0.4) is 0 Å². The number of carboxylic acid groups (broad SMARTS) is 1. The number of rotatable bonds is 5. The van der Waals surface area contributed by atoms with Crippen LogP contribution in [0.4, 0.5) is 19.5 Å². The van der Waals surface area contributed by atoms with Gasteiger partial charge in [0.2, 0.25) is 5.95 Å². The molecular formula is C27H30F2N4O4. The number of aromatic nitrogens is 2. The highest BCUT2D eigenvalue weighted by molar-refractivity contribution is 5.85. The summed E-state index contributed by atoms with van der Waals surface area (Å²) in [6.07, 6.45) is 1.79. The van der Waals surface area contributed by atoms with Crippen molar-refractivity contribution in [2.75, 3.05) is 31.6 Å². The Kier molecular flexibility index (Phi) is 6.74. The molecule has 2 aromatic carbocycles. The second kappa shape index (κ2) is 9.99. The Morgan fingerprint density at radius 3 is 2.57 bits per heavy atom. The maximum atomic E-state index is 13.9. The van der Waals surface area contributed by atoms with E-state index in [-0.39, 0.29) is 18.1 Å². The highest BCUT2D eigenvalue weighted by atomic mass is 19.2. The van der Waals surface area contributed by atoms with Crippen molar-refractivity contribution in [2.24, 2.45) is 5.92 Å². The van der Waals surface area contributed by atoms with E-state index in [1.165, 1.54) is 13.2 Å². The van der Waals surface area contributed by atoms with Crippen LogP contribution < -0.4 is 4.90 Å². The first-order chi connectivity index (χ1) is 17.8. The number of piperidine rings is 1. The molecule has 8 nitrogen and oxygen atoms in total. The van der Waals surface area contributed by atoms with Gasteiger partial charge in [0.05, 0.1) is 30.6 Å². The van der Waals surface area contributed by atoms with E-state index in [0.29, 0.717) is 57.4 Å². The number of benzene rings is 2. The van der Waals surface area contributed by atoms with E-state index >= 15 is 0 Å². The molecule has 1 atom stereocenters. The Hall–Kier alpha value is -3.69. The molecule has 1 amide bonds. The zero-order valence-corrected chi connectivity index (χ0v) is 20.9. The molecule has 2 aliphatic heterocycles. The summed E-state index contributed by atoms with van der Waals surface area (Å²) in [5, 5.41) is 9.44. The lowest BCUT2D eigenvalue weighted by atomic mass is 9.97. The molecule has 3 heterocycles. The number of hydrogen-bond acceptors (Lipinski definition) is 5. The summed E-state index contributed by atoms with van der Waals surface area (Å²) >= 11 is 0. The Morgan fingerprint density at radius 2 is 1.89 bits per heavy atom. The third kappa shape index (κ3) is 4.72. The number of ether oxygens (including phenoxy) is 1. The molecule has 0 spiro atoms. The van der Waals surface area contributed by atoms with Crippen LogP contribution in [0, 0.1) is 17.6 Å². The van der Waals surface area contributed by atoms with Crippen LogP contribution in [0.1, 0.15) is 42.5 Å². The van der Waals surface area contributed by atoms with Crippen molar-refractivity contribution in [3.8, 4) is 0 Å². The summed E-state index contributed by atoms with van der Waals surface area (Å²) in [5.74, 6) is -2.20. The van der Waals surface area contributed by atoms with Gasteiger partial charge in [-0.05, 0) is 61.9 Å². The van der Waals surface area contributed by atoms with Crippen molar-refractivity contribution in [1.29, 1.82) is 0 Å². The van der Waals surface area contributed by atoms with E-state index in [2.05, 4.69) is 15.5 Å². The first-order valence-electron chi connectivity index (χ1n) is 12.5. The van der Waals surface area contributed by atoms with E-state index in [4.69, 9.17) is 9.72 Å². The van der Waals surface area contributed by atoms with E-state index in [1.807, 2.05) is 13.0 Å². The van der Waals surface area contributed by atoms with Gasteiger partial charge in [-0.2, -0.15) is 0 Å². The number of carbonyl (C=O) groups is 2. The predicted molar refractivity (Wildman–Crippen MR) is 134 cm³/mol. The molecule has 37 heavy (non-hydrogen) atoms. The second-order valence-electron chi connectivity index (χ2n) is 9.90. The summed E-state index contributed by atoms with van der Waals surface area (Å²) in [7, 11) is 1.37. The number of amides is 1. The molecule has 0 unspecified atom stereocenters. The SMILES string of the molecule is COC(=O)N1CCc2ccc3c(nc(N4CCC(C(=O)O)CC4)n3[C@H](C)Cc3ccc(F)c(F)c3)c2C1. The number of fused-ring (bicyclic) bond motifs is 3. The molecule has 0 aliphatic carbocycles. The topological polar surface area (TPSA) is 87.9 Å². The van der Waals surface area contributed by atoms with Crippen molar-refractivity contribution in [3.63, 3.8) is 0 Å². The molecular weight excluding hydrogens is 482 g/mol. The number of carboxylic acids is 1. The maximum Gasteiger partial charge on any atom is 0.409 e. The molecule has 0 radical (unpaired) electrons. The number of methoxy groups -OCH3 is 1. The van der Waals surface area contributed by atoms with Crippen molar-refractivity contribution in [2.45, 2.75) is 45.2 Å². The molecule has 2 aliphatic rings. The Labute approximate surface area is 213 Å². The molecule has 0 bridgehead atoms. The van der Waals surface area contributed by atoms with Crippen LogP contribution in [0.15, 0.2) is 30.3 Å². The molecule has 3 aromatic rings. The van der Waals surface area contributed by atoms with Crippen molar-refractivity contribution in [1.82, 2.24) is 14.5 Å². The van der Waals surface area contributed by atoms with Gasteiger partial charge in [-0.3, -0.25) is 4.79 Å². The molecule has 1 saturated heterocycles. The van der Waals surface area contributed by atoms with Crippen LogP contribution in [-0.4, -0.2) is 58.4 Å². The minimum atomic E-state index is -0.881. The van der Waals surface area contributed by atoms with E-state index in [1.54, 1.807) is 11.0 Å².